The highest BCUT2D eigenvalue weighted by Crippen LogP contribution is 2.07. The van der Waals surface area contributed by atoms with Gasteiger partial charge < -0.3 is 5.32 Å². The van der Waals surface area contributed by atoms with Crippen LogP contribution in [0.15, 0.2) is 18.2 Å². The van der Waals surface area contributed by atoms with Crippen LogP contribution in [0.5, 0.6) is 0 Å². The Hall–Kier alpha value is -1.44. The molecule has 90 valence electrons. The minimum atomic E-state index is -0.473. The third-order valence-corrected chi connectivity index (χ3v) is 2.66. The third-order valence-electron chi connectivity index (χ3n) is 2.66. The summed E-state index contributed by atoms with van der Waals surface area (Å²) in [7, 11) is 0. The van der Waals surface area contributed by atoms with Gasteiger partial charge in [0.25, 0.3) is 0 Å². The fourth-order valence-corrected chi connectivity index (χ4v) is 1.71. The van der Waals surface area contributed by atoms with Crippen LogP contribution in [0, 0.1) is 23.5 Å². The first-order chi connectivity index (χ1) is 8.25. The van der Waals surface area contributed by atoms with Crippen molar-refractivity contribution >= 4 is 0 Å². The summed E-state index contributed by atoms with van der Waals surface area (Å²) in [5.74, 6) is 4.62. The highest BCUT2D eigenvalue weighted by atomic mass is 19.1. The van der Waals surface area contributed by atoms with Gasteiger partial charge in [0.2, 0.25) is 0 Å². The number of nitrogens with zero attached hydrogens (tertiary/aromatic N) is 1. The molecule has 0 spiro atoms. The molecule has 0 bridgehead atoms. The summed E-state index contributed by atoms with van der Waals surface area (Å²) in [6, 6.07) is 3.32. The standard InChI is InChI=1S/C13H14F2N2/c14-12-3-4-13(15)11(10-12)2-1-7-17-8-5-16-6-9-17/h3-4,10,16H,5-9H2. The number of piperazine rings is 1. The van der Waals surface area contributed by atoms with E-state index in [0.29, 0.717) is 6.54 Å². The van der Waals surface area contributed by atoms with Gasteiger partial charge in [-0.25, -0.2) is 8.78 Å². The molecule has 1 fully saturated rings. The van der Waals surface area contributed by atoms with Crippen molar-refractivity contribution in [2.24, 2.45) is 0 Å². The van der Waals surface area contributed by atoms with E-state index < -0.39 is 11.6 Å². The van der Waals surface area contributed by atoms with Crippen LogP contribution in [-0.4, -0.2) is 37.6 Å². The first kappa shape index (κ1) is 12.0. The summed E-state index contributed by atoms with van der Waals surface area (Å²) in [5.41, 5.74) is 0.125. The van der Waals surface area contributed by atoms with E-state index >= 15 is 0 Å². The van der Waals surface area contributed by atoms with Crippen molar-refractivity contribution in [2.45, 2.75) is 0 Å². The summed E-state index contributed by atoms with van der Waals surface area (Å²) >= 11 is 0. The molecule has 1 aliphatic rings. The van der Waals surface area contributed by atoms with Crippen molar-refractivity contribution in [3.05, 3.63) is 35.4 Å². The SMILES string of the molecule is Fc1ccc(F)c(C#CCN2CCNCC2)c1. The minimum absolute atomic E-state index is 0.125. The van der Waals surface area contributed by atoms with Crippen molar-refractivity contribution in [1.29, 1.82) is 0 Å². The van der Waals surface area contributed by atoms with Crippen LogP contribution in [0.4, 0.5) is 8.78 Å². The predicted molar refractivity (Wildman–Crippen MR) is 62.5 cm³/mol. The Bertz CT molecular complexity index is 442. The number of hydrogen-bond donors (Lipinski definition) is 1. The molecule has 17 heavy (non-hydrogen) atoms. The van der Waals surface area contributed by atoms with E-state index in [-0.39, 0.29) is 5.56 Å². The number of benzene rings is 1. The smallest absolute Gasteiger partial charge is 0.139 e. The zero-order valence-corrected chi connectivity index (χ0v) is 9.47. The molecule has 2 nitrogen and oxygen atoms in total. The summed E-state index contributed by atoms with van der Waals surface area (Å²) < 4.78 is 26.1. The summed E-state index contributed by atoms with van der Waals surface area (Å²) in [5, 5.41) is 3.24. The summed E-state index contributed by atoms with van der Waals surface area (Å²) in [4.78, 5) is 2.18. The van der Waals surface area contributed by atoms with Crippen molar-refractivity contribution in [2.75, 3.05) is 32.7 Å². The maximum Gasteiger partial charge on any atom is 0.139 e. The summed E-state index contributed by atoms with van der Waals surface area (Å²) in [6.07, 6.45) is 0. The van der Waals surface area contributed by atoms with E-state index in [4.69, 9.17) is 0 Å². The van der Waals surface area contributed by atoms with Gasteiger partial charge in [0, 0.05) is 26.2 Å². The van der Waals surface area contributed by atoms with Crippen molar-refractivity contribution in [3.63, 3.8) is 0 Å². The Morgan fingerprint density at radius 3 is 2.76 bits per heavy atom. The summed E-state index contributed by atoms with van der Waals surface area (Å²) in [6.45, 7) is 4.39. The van der Waals surface area contributed by atoms with Gasteiger partial charge in [0.1, 0.15) is 11.6 Å². The van der Waals surface area contributed by atoms with E-state index in [2.05, 4.69) is 22.1 Å². The number of nitrogens with one attached hydrogen (secondary N) is 1. The second kappa shape index (κ2) is 5.76. The number of hydrogen-bond acceptors (Lipinski definition) is 2. The highest BCUT2D eigenvalue weighted by Gasteiger charge is 2.07. The van der Waals surface area contributed by atoms with Gasteiger partial charge in [-0.3, -0.25) is 4.90 Å². The zero-order chi connectivity index (χ0) is 12.1. The molecule has 1 aliphatic heterocycles. The first-order valence-electron chi connectivity index (χ1n) is 5.63. The second-order valence-electron chi connectivity index (χ2n) is 3.95. The van der Waals surface area contributed by atoms with Gasteiger partial charge in [-0.15, -0.1) is 0 Å². The molecule has 1 saturated heterocycles. The lowest BCUT2D eigenvalue weighted by Crippen LogP contribution is -2.43. The molecule has 0 radical (unpaired) electrons. The lowest BCUT2D eigenvalue weighted by molar-refractivity contribution is 0.268. The van der Waals surface area contributed by atoms with Gasteiger partial charge >= 0.3 is 0 Å². The van der Waals surface area contributed by atoms with E-state index in [0.717, 1.165) is 44.4 Å². The molecule has 0 unspecified atom stereocenters. The average molecular weight is 236 g/mol. The fraction of sp³-hybridized carbons (Fsp3) is 0.385. The molecule has 4 heteroatoms. The molecule has 2 rings (SSSR count). The Morgan fingerprint density at radius 2 is 2.00 bits per heavy atom. The molecule has 0 amide bonds. The fourth-order valence-electron chi connectivity index (χ4n) is 1.71. The Balaban J connectivity index is 1.98. The van der Waals surface area contributed by atoms with Gasteiger partial charge in [0.15, 0.2) is 0 Å². The zero-order valence-electron chi connectivity index (χ0n) is 9.47. The van der Waals surface area contributed by atoms with Crippen molar-refractivity contribution < 1.29 is 8.78 Å². The molecule has 0 atom stereocenters. The highest BCUT2D eigenvalue weighted by molar-refractivity contribution is 5.35. The molecule has 1 aromatic carbocycles. The lowest BCUT2D eigenvalue weighted by atomic mass is 10.2. The van der Waals surface area contributed by atoms with Crippen LogP contribution in [-0.2, 0) is 0 Å². The Labute approximate surface area is 99.6 Å². The van der Waals surface area contributed by atoms with Crippen LogP contribution < -0.4 is 5.32 Å². The molecular formula is C13H14F2N2. The lowest BCUT2D eigenvalue weighted by Gasteiger charge is -2.24. The van der Waals surface area contributed by atoms with Crippen LogP contribution in [0.2, 0.25) is 0 Å². The van der Waals surface area contributed by atoms with Gasteiger partial charge in [-0.1, -0.05) is 11.8 Å². The van der Waals surface area contributed by atoms with E-state index in [9.17, 15) is 8.78 Å². The largest absolute Gasteiger partial charge is 0.314 e. The Kier molecular flexibility index (Phi) is 4.08. The molecule has 0 saturated carbocycles. The topological polar surface area (TPSA) is 15.3 Å². The maximum atomic E-state index is 13.2. The van der Waals surface area contributed by atoms with Gasteiger partial charge in [-0.05, 0) is 18.2 Å². The van der Waals surface area contributed by atoms with Crippen molar-refractivity contribution in [3.8, 4) is 11.8 Å². The molecule has 1 aromatic rings. The molecule has 1 heterocycles. The molecule has 0 aromatic heterocycles. The van der Waals surface area contributed by atoms with Gasteiger partial charge in [-0.2, -0.15) is 0 Å². The van der Waals surface area contributed by atoms with Crippen LogP contribution in [0.1, 0.15) is 5.56 Å². The molecule has 1 N–H and O–H groups in total. The number of rotatable bonds is 1. The van der Waals surface area contributed by atoms with Crippen LogP contribution >= 0.6 is 0 Å². The quantitative estimate of drug-likeness (QED) is 0.738. The maximum absolute atomic E-state index is 13.2. The van der Waals surface area contributed by atoms with Crippen LogP contribution in [0.3, 0.4) is 0 Å². The van der Waals surface area contributed by atoms with E-state index in [1.165, 1.54) is 0 Å². The second-order valence-corrected chi connectivity index (χ2v) is 3.95. The monoisotopic (exact) mass is 236 g/mol. The normalized spacial score (nSPS) is 16.4. The molecule has 0 aliphatic carbocycles. The number of halogens is 2. The van der Waals surface area contributed by atoms with Crippen LogP contribution in [0.25, 0.3) is 0 Å². The van der Waals surface area contributed by atoms with Gasteiger partial charge in [0.05, 0.1) is 12.1 Å². The van der Waals surface area contributed by atoms with E-state index in [1.54, 1.807) is 0 Å². The molecular weight excluding hydrogens is 222 g/mol. The third kappa shape index (κ3) is 3.52. The Morgan fingerprint density at radius 1 is 1.24 bits per heavy atom. The van der Waals surface area contributed by atoms with Crippen molar-refractivity contribution in [1.82, 2.24) is 10.2 Å². The van der Waals surface area contributed by atoms with E-state index in [1.807, 2.05) is 0 Å². The first-order valence-corrected chi connectivity index (χ1v) is 5.63. The average Bonchev–Trinajstić information content (AvgIpc) is 2.35. The minimum Gasteiger partial charge on any atom is -0.314 e. The predicted octanol–water partition coefficient (Wildman–Crippen LogP) is 1.22.